The molecule has 1 unspecified atom stereocenters. The molecule has 0 bridgehead atoms. The van der Waals surface area contributed by atoms with Crippen LogP contribution >= 0.6 is 11.8 Å². The lowest BCUT2D eigenvalue weighted by atomic mass is 10.0. The number of fused-ring (bicyclic) bond motifs is 3. The first-order valence-electron chi connectivity index (χ1n) is 5.47. The molecule has 0 saturated carbocycles. The van der Waals surface area contributed by atoms with Crippen molar-refractivity contribution in [2.45, 2.75) is 23.5 Å². The standard InChI is InChI=1S/C14H12OS/c1-9-8-13(15)12-7-6-10-4-2-3-5-11(10)14(12)16-9/h2-7,9H,8H2,1H3. The minimum atomic E-state index is 0.284. The molecule has 2 aromatic rings. The molecule has 2 heteroatoms. The molecule has 0 aliphatic carbocycles. The van der Waals surface area contributed by atoms with Gasteiger partial charge in [-0.2, -0.15) is 0 Å². The number of carbonyl (C=O) groups excluding carboxylic acids is 1. The molecule has 1 aliphatic heterocycles. The highest BCUT2D eigenvalue weighted by molar-refractivity contribution is 8.00. The zero-order chi connectivity index (χ0) is 11.1. The van der Waals surface area contributed by atoms with E-state index in [1.54, 1.807) is 0 Å². The van der Waals surface area contributed by atoms with Gasteiger partial charge in [0.25, 0.3) is 0 Å². The van der Waals surface area contributed by atoms with Crippen LogP contribution in [0.1, 0.15) is 23.7 Å². The Balaban J connectivity index is 2.33. The van der Waals surface area contributed by atoms with E-state index in [-0.39, 0.29) is 5.78 Å². The van der Waals surface area contributed by atoms with Crippen LogP contribution in [0.25, 0.3) is 10.8 Å². The van der Waals surface area contributed by atoms with Gasteiger partial charge in [0.05, 0.1) is 0 Å². The van der Waals surface area contributed by atoms with Crippen LogP contribution in [0.3, 0.4) is 0 Å². The van der Waals surface area contributed by atoms with Crippen molar-refractivity contribution in [2.24, 2.45) is 0 Å². The minimum Gasteiger partial charge on any atom is -0.294 e. The van der Waals surface area contributed by atoms with Gasteiger partial charge in [0.15, 0.2) is 5.78 Å². The molecule has 0 amide bonds. The van der Waals surface area contributed by atoms with Gasteiger partial charge in [-0.15, -0.1) is 11.8 Å². The van der Waals surface area contributed by atoms with Gasteiger partial charge in [-0.05, 0) is 16.8 Å². The average Bonchev–Trinajstić information content (AvgIpc) is 2.28. The fourth-order valence-corrected chi connectivity index (χ4v) is 3.46. The summed E-state index contributed by atoms with van der Waals surface area (Å²) in [5, 5.41) is 2.83. The zero-order valence-corrected chi connectivity index (χ0v) is 9.88. The summed E-state index contributed by atoms with van der Waals surface area (Å²) >= 11 is 1.82. The van der Waals surface area contributed by atoms with Gasteiger partial charge in [-0.1, -0.05) is 37.3 Å². The number of carbonyl (C=O) groups is 1. The molecule has 0 N–H and O–H groups in total. The molecule has 80 valence electrons. The third-order valence-corrected chi connectivity index (χ3v) is 4.22. The van der Waals surface area contributed by atoms with Gasteiger partial charge in [0, 0.05) is 22.1 Å². The second-order valence-corrected chi connectivity index (χ2v) is 5.67. The maximum Gasteiger partial charge on any atom is 0.165 e. The van der Waals surface area contributed by atoms with E-state index in [0.29, 0.717) is 11.7 Å². The molecule has 0 fully saturated rings. The quantitative estimate of drug-likeness (QED) is 0.680. The van der Waals surface area contributed by atoms with Gasteiger partial charge in [-0.3, -0.25) is 4.79 Å². The molecule has 1 nitrogen and oxygen atoms in total. The van der Waals surface area contributed by atoms with Crippen LogP contribution in [0.4, 0.5) is 0 Å². The molecule has 0 radical (unpaired) electrons. The van der Waals surface area contributed by atoms with Crippen molar-refractivity contribution in [3.05, 3.63) is 42.0 Å². The summed E-state index contributed by atoms with van der Waals surface area (Å²) in [5.41, 5.74) is 0.904. The van der Waals surface area contributed by atoms with Crippen LogP contribution in [0, 0.1) is 0 Å². The lowest BCUT2D eigenvalue weighted by molar-refractivity contribution is 0.0978. The first-order chi connectivity index (χ1) is 7.75. The van der Waals surface area contributed by atoms with Gasteiger partial charge < -0.3 is 0 Å². The topological polar surface area (TPSA) is 17.1 Å². The lowest BCUT2D eigenvalue weighted by Crippen LogP contribution is -2.14. The third-order valence-electron chi connectivity index (χ3n) is 2.97. The smallest absolute Gasteiger partial charge is 0.165 e. The van der Waals surface area contributed by atoms with E-state index in [9.17, 15) is 4.79 Å². The van der Waals surface area contributed by atoms with E-state index in [2.05, 4.69) is 19.1 Å². The van der Waals surface area contributed by atoms with E-state index >= 15 is 0 Å². The summed E-state index contributed by atoms with van der Waals surface area (Å²) in [6.45, 7) is 2.12. The zero-order valence-electron chi connectivity index (χ0n) is 9.07. The molecular weight excluding hydrogens is 216 g/mol. The lowest BCUT2D eigenvalue weighted by Gasteiger charge is -2.21. The van der Waals surface area contributed by atoms with E-state index in [1.807, 2.05) is 36.0 Å². The monoisotopic (exact) mass is 228 g/mol. The van der Waals surface area contributed by atoms with Crippen LogP contribution in [-0.2, 0) is 0 Å². The van der Waals surface area contributed by atoms with Gasteiger partial charge in [-0.25, -0.2) is 0 Å². The molecule has 3 rings (SSSR count). The normalized spacial score (nSPS) is 19.8. The molecule has 1 heterocycles. The number of ketones is 1. The number of rotatable bonds is 0. The van der Waals surface area contributed by atoms with Crippen LogP contribution in [0.5, 0.6) is 0 Å². The number of hydrogen-bond donors (Lipinski definition) is 0. The van der Waals surface area contributed by atoms with E-state index in [1.165, 1.54) is 15.7 Å². The van der Waals surface area contributed by atoms with Crippen LogP contribution < -0.4 is 0 Å². The van der Waals surface area contributed by atoms with Crippen LogP contribution in [0.15, 0.2) is 41.3 Å². The fraction of sp³-hybridized carbons (Fsp3) is 0.214. The van der Waals surface area contributed by atoms with Crippen molar-refractivity contribution in [3.63, 3.8) is 0 Å². The first kappa shape index (κ1) is 9.91. The highest BCUT2D eigenvalue weighted by Gasteiger charge is 2.24. The molecule has 16 heavy (non-hydrogen) atoms. The van der Waals surface area contributed by atoms with Gasteiger partial charge in [0.1, 0.15) is 0 Å². The largest absolute Gasteiger partial charge is 0.294 e. The number of benzene rings is 2. The SMILES string of the molecule is CC1CC(=O)c2ccc3ccccc3c2S1. The maximum atomic E-state index is 11.9. The Morgan fingerprint density at radius 1 is 1.19 bits per heavy atom. The summed E-state index contributed by atoms with van der Waals surface area (Å²) in [6, 6.07) is 12.3. The van der Waals surface area contributed by atoms with E-state index in [0.717, 1.165) is 5.56 Å². The molecule has 1 aliphatic rings. The second kappa shape index (κ2) is 3.63. The summed E-state index contributed by atoms with van der Waals surface area (Å²) in [4.78, 5) is 13.1. The Morgan fingerprint density at radius 3 is 2.88 bits per heavy atom. The van der Waals surface area contributed by atoms with E-state index < -0.39 is 0 Å². The Hall–Kier alpha value is -1.28. The van der Waals surface area contributed by atoms with Crippen LogP contribution in [-0.4, -0.2) is 11.0 Å². The van der Waals surface area contributed by atoms with Crippen molar-refractivity contribution < 1.29 is 4.79 Å². The maximum absolute atomic E-state index is 11.9. The number of Topliss-reactive ketones (excluding diaryl/α,β-unsaturated/α-hetero) is 1. The number of thioether (sulfide) groups is 1. The Kier molecular flexibility index (Phi) is 2.25. The summed E-state index contributed by atoms with van der Waals surface area (Å²) in [5.74, 6) is 0.284. The molecular formula is C14H12OS. The van der Waals surface area contributed by atoms with Crippen molar-refractivity contribution >= 4 is 28.3 Å². The predicted molar refractivity (Wildman–Crippen MR) is 68.2 cm³/mol. The third kappa shape index (κ3) is 1.45. The van der Waals surface area contributed by atoms with Crippen molar-refractivity contribution in [1.82, 2.24) is 0 Å². The summed E-state index contributed by atoms with van der Waals surface area (Å²) in [6.07, 6.45) is 0.663. The molecule has 0 saturated heterocycles. The van der Waals surface area contributed by atoms with Gasteiger partial charge in [0.2, 0.25) is 0 Å². The van der Waals surface area contributed by atoms with Crippen molar-refractivity contribution in [2.75, 3.05) is 0 Å². The highest BCUT2D eigenvalue weighted by Crippen LogP contribution is 2.39. The second-order valence-electron chi connectivity index (χ2n) is 4.22. The average molecular weight is 228 g/mol. The Bertz CT molecular complexity index is 574. The van der Waals surface area contributed by atoms with Crippen LogP contribution in [0.2, 0.25) is 0 Å². The van der Waals surface area contributed by atoms with Crippen molar-refractivity contribution in [3.8, 4) is 0 Å². The Morgan fingerprint density at radius 2 is 2.00 bits per heavy atom. The molecule has 1 atom stereocenters. The molecule has 2 aromatic carbocycles. The summed E-state index contributed by atoms with van der Waals surface area (Å²) < 4.78 is 0. The predicted octanol–water partition coefficient (Wildman–Crippen LogP) is 3.91. The minimum absolute atomic E-state index is 0.284. The molecule has 0 spiro atoms. The first-order valence-corrected chi connectivity index (χ1v) is 6.35. The van der Waals surface area contributed by atoms with Crippen molar-refractivity contribution in [1.29, 1.82) is 0 Å². The molecule has 0 aromatic heterocycles. The van der Waals surface area contributed by atoms with E-state index in [4.69, 9.17) is 0 Å². The summed E-state index contributed by atoms with van der Waals surface area (Å²) in [7, 11) is 0. The highest BCUT2D eigenvalue weighted by atomic mass is 32.2. The fourth-order valence-electron chi connectivity index (χ4n) is 2.20. The Labute approximate surface area is 98.9 Å². The number of hydrogen-bond acceptors (Lipinski definition) is 2. The van der Waals surface area contributed by atoms with Gasteiger partial charge >= 0.3 is 0 Å².